The third kappa shape index (κ3) is 6.13. The number of sulfonamides is 1. The van der Waals surface area contributed by atoms with Crippen LogP contribution in [0.2, 0.25) is 0 Å². The number of rotatable bonds is 10. The number of carbonyl (C=O) groups excluding carboxylic acids is 1. The summed E-state index contributed by atoms with van der Waals surface area (Å²) < 4.78 is 36.7. The molecule has 164 valence electrons. The number of hydrogen-bond donors (Lipinski definition) is 1. The van der Waals surface area contributed by atoms with Crippen molar-refractivity contribution in [2.45, 2.75) is 32.7 Å². The van der Waals surface area contributed by atoms with Gasteiger partial charge in [0.05, 0.1) is 26.2 Å². The van der Waals surface area contributed by atoms with Gasteiger partial charge in [0, 0.05) is 12.6 Å². The van der Waals surface area contributed by atoms with Crippen LogP contribution in [0.1, 0.15) is 24.5 Å². The summed E-state index contributed by atoms with van der Waals surface area (Å²) in [6.07, 6.45) is 2.64. The molecule has 30 heavy (non-hydrogen) atoms. The van der Waals surface area contributed by atoms with E-state index < -0.39 is 16.1 Å². The maximum Gasteiger partial charge on any atom is 0.243 e. The number of nitrogens with one attached hydrogen (secondary N) is 1. The summed E-state index contributed by atoms with van der Waals surface area (Å²) in [5, 5.41) is 2.84. The molecule has 7 nitrogen and oxygen atoms in total. The van der Waals surface area contributed by atoms with Crippen LogP contribution in [0.4, 0.5) is 5.69 Å². The highest BCUT2D eigenvalue weighted by Crippen LogP contribution is 2.35. The first-order valence-electron chi connectivity index (χ1n) is 9.72. The quantitative estimate of drug-likeness (QED) is 0.581. The van der Waals surface area contributed by atoms with Crippen LogP contribution in [-0.4, -0.2) is 47.4 Å². The second kappa shape index (κ2) is 10.3. The molecule has 0 bridgehead atoms. The van der Waals surface area contributed by atoms with Gasteiger partial charge in [0.1, 0.15) is 17.5 Å². The molecule has 0 unspecified atom stereocenters. The van der Waals surface area contributed by atoms with Gasteiger partial charge >= 0.3 is 0 Å². The number of hydrogen-bond acceptors (Lipinski definition) is 5. The molecular formula is C22H30N2O5S. The fraction of sp³-hybridized carbons (Fsp3) is 0.409. The molecular weight excluding hydrogens is 404 g/mol. The first-order valence-corrected chi connectivity index (χ1v) is 11.6. The van der Waals surface area contributed by atoms with Crippen molar-refractivity contribution in [2.75, 3.05) is 31.3 Å². The van der Waals surface area contributed by atoms with Gasteiger partial charge in [-0.1, -0.05) is 29.8 Å². The van der Waals surface area contributed by atoms with Crippen LogP contribution in [0.3, 0.4) is 0 Å². The second-order valence-electron chi connectivity index (χ2n) is 7.15. The molecule has 2 rings (SSSR count). The number of carbonyl (C=O) groups is 1. The lowest BCUT2D eigenvalue weighted by molar-refractivity contribution is -0.121. The molecule has 1 atom stereocenters. The van der Waals surface area contributed by atoms with E-state index in [-0.39, 0.29) is 11.6 Å². The van der Waals surface area contributed by atoms with E-state index in [4.69, 9.17) is 9.47 Å². The summed E-state index contributed by atoms with van der Waals surface area (Å²) in [6.45, 7) is 4.04. The van der Waals surface area contributed by atoms with Crippen molar-refractivity contribution in [3.63, 3.8) is 0 Å². The van der Waals surface area contributed by atoms with Crippen LogP contribution < -0.4 is 19.1 Å². The number of benzene rings is 2. The Morgan fingerprint density at radius 1 is 1.10 bits per heavy atom. The van der Waals surface area contributed by atoms with Crippen LogP contribution in [0, 0.1) is 6.92 Å². The van der Waals surface area contributed by atoms with Crippen molar-refractivity contribution in [1.29, 1.82) is 0 Å². The van der Waals surface area contributed by atoms with E-state index in [1.165, 1.54) is 25.3 Å². The van der Waals surface area contributed by atoms with Gasteiger partial charge < -0.3 is 14.8 Å². The zero-order valence-electron chi connectivity index (χ0n) is 18.1. The second-order valence-corrected chi connectivity index (χ2v) is 9.01. The molecule has 0 spiro atoms. The molecule has 0 aliphatic carbocycles. The molecule has 1 amide bonds. The summed E-state index contributed by atoms with van der Waals surface area (Å²) in [7, 11) is -0.828. The molecule has 0 aromatic heterocycles. The van der Waals surface area contributed by atoms with Crippen LogP contribution in [0.15, 0.2) is 42.5 Å². The van der Waals surface area contributed by atoms with Crippen molar-refractivity contribution in [1.82, 2.24) is 5.32 Å². The molecule has 2 aromatic carbocycles. The van der Waals surface area contributed by atoms with Gasteiger partial charge in [-0.15, -0.1) is 0 Å². The van der Waals surface area contributed by atoms with Gasteiger partial charge in [-0.3, -0.25) is 9.10 Å². The van der Waals surface area contributed by atoms with Crippen molar-refractivity contribution in [2.24, 2.45) is 0 Å². The zero-order valence-corrected chi connectivity index (χ0v) is 19.0. The first kappa shape index (κ1) is 23.5. The summed E-state index contributed by atoms with van der Waals surface area (Å²) >= 11 is 0. The van der Waals surface area contributed by atoms with E-state index in [1.807, 2.05) is 6.92 Å². The minimum absolute atomic E-state index is 0.252. The van der Waals surface area contributed by atoms with Crippen molar-refractivity contribution in [3.8, 4) is 11.5 Å². The van der Waals surface area contributed by atoms with Gasteiger partial charge in [-0.05, 0) is 44.4 Å². The molecule has 0 fully saturated rings. The highest BCUT2D eigenvalue weighted by Gasteiger charge is 2.31. The molecule has 0 saturated carbocycles. The molecule has 1 N–H and O–H groups in total. The maximum absolute atomic E-state index is 12.7. The summed E-state index contributed by atoms with van der Waals surface area (Å²) in [4.78, 5) is 12.7. The van der Waals surface area contributed by atoms with Crippen LogP contribution >= 0.6 is 0 Å². The smallest absolute Gasteiger partial charge is 0.243 e. The van der Waals surface area contributed by atoms with Crippen molar-refractivity contribution < 1.29 is 22.7 Å². The highest BCUT2D eigenvalue weighted by atomic mass is 32.2. The highest BCUT2D eigenvalue weighted by molar-refractivity contribution is 7.92. The average molecular weight is 435 g/mol. The number of nitrogens with zero attached hydrogens (tertiary/aromatic N) is 1. The van der Waals surface area contributed by atoms with E-state index in [2.05, 4.69) is 29.6 Å². The standard InChI is InChI=1S/C22H30N2O5S/c1-16-8-10-18(11-9-16)7-6-14-23-22(25)17(2)24(30(5,26)27)20-15-19(28-3)12-13-21(20)29-4/h8-13,15,17H,6-7,14H2,1-5H3,(H,23,25)/t17-/m1/s1. The van der Waals surface area contributed by atoms with E-state index in [9.17, 15) is 13.2 Å². The fourth-order valence-electron chi connectivity index (χ4n) is 3.16. The number of aryl methyl sites for hydroxylation is 2. The number of methoxy groups -OCH3 is 2. The SMILES string of the molecule is COc1ccc(OC)c(N([C@H](C)C(=O)NCCCc2ccc(C)cc2)S(C)(=O)=O)c1. The van der Waals surface area contributed by atoms with Crippen LogP contribution in [0.5, 0.6) is 11.5 Å². The molecule has 0 aliphatic rings. The van der Waals surface area contributed by atoms with E-state index in [0.717, 1.165) is 23.4 Å². The monoisotopic (exact) mass is 434 g/mol. The van der Waals surface area contributed by atoms with Gasteiger partial charge in [0.25, 0.3) is 0 Å². The fourth-order valence-corrected chi connectivity index (χ4v) is 4.33. The Morgan fingerprint density at radius 3 is 2.33 bits per heavy atom. The lowest BCUT2D eigenvalue weighted by Crippen LogP contribution is -2.48. The molecule has 0 saturated heterocycles. The van der Waals surface area contributed by atoms with Crippen molar-refractivity contribution in [3.05, 3.63) is 53.6 Å². The Kier molecular flexibility index (Phi) is 8.11. The lowest BCUT2D eigenvalue weighted by Gasteiger charge is -2.29. The third-order valence-electron chi connectivity index (χ3n) is 4.77. The lowest BCUT2D eigenvalue weighted by atomic mass is 10.1. The number of amides is 1. The predicted molar refractivity (Wildman–Crippen MR) is 119 cm³/mol. The topological polar surface area (TPSA) is 84.9 Å². The molecule has 0 heterocycles. The van der Waals surface area contributed by atoms with Gasteiger partial charge in [-0.25, -0.2) is 8.42 Å². The van der Waals surface area contributed by atoms with Gasteiger partial charge in [0.15, 0.2) is 0 Å². The van der Waals surface area contributed by atoms with Gasteiger partial charge in [0.2, 0.25) is 15.9 Å². The average Bonchev–Trinajstić information content (AvgIpc) is 2.71. The largest absolute Gasteiger partial charge is 0.497 e. The minimum atomic E-state index is -3.76. The third-order valence-corrected chi connectivity index (χ3v) is 6.00. The Bertz CT molecular complexity index is 958. The number of anilines is 1. The minimum Gasteiger partial charge on any atom is -0.497 e. The first-order chi connectivity index (χ1) is 14.2. The normalized spacial score (nSPS) is 12.2. The van der Waals surface area contributed by atoms with Crippen molar-refractivity contribution >= 4 is 21.6 Å². The molecule has 8 heteroatoms. The molecule has 0 radical (unpaired) electrons. The summed E-state index contributed by atoms with van der Waals surface area (Å²) in [6, 6.07) is 12.1. The van der Waals surface area contributed by atoms with E-state index >= 15 is 0 Å². The Morgan fingerprint density at radius 2 is 1.77 bits per heavy atom. The Labute approximate surface area is 179 Å². The molecule has 0 aliphatic heterocycles. The van der Waals surface area contributed by atoms with Crippen LogP contribution in [0.25, 0.3) is 0 Å². The number of ether oxygens (including phenoxy) is 2. The van der Waals surface area contributed by atoms with Gasteiger partial charge in [-0.2, -0.15) is 0 Å². The maximum atomic E-state index is 12.7. The zero-order chi connectivity index (χ0) is 22.3. The molecule has 2 aromatic rings. The predicted octanol–water partition coefficient (Wildman–Crippen LogP) is 2.92. The summed E-state index contributed by atoms with van der Waals surface area (Å²) in [5.74, 6) is 0.416. The Balaban J connectivity index is 2.10. The van der Waals surface area contributed by atoms with E-state index in [0.29, 0.717) is 18.0 Å². The summed E-state index contributed by atoms with van der Waals surface area (Å²) in [5.41, 5.74) is 2.65. The van der Waals surface area contributed by atoms with E-state index in [1.54, 1.807) is 25.1 Å². The van der Waals surface area contributed by atoms with Crippen LogP contribution in [-0.2, 0) is 21.2 Å². The Hall–Kier alpha value is -2.74.